The van der Waals surface area contributed by atoms with E-state index < -0.39 is 11.6 Å². The Hall–Kier alpha value is -2.64. The fourth-order valence-corrected chi connectivity index (χ4v) is 2.52. The highest BCUT2D eigenvalue weighted by molar-refractivity contribution is 5.79. The van der Waals surface area contributed by atoms with Crippen molar-refractivity contribution in [2.45, 2.75) is 40.2 Å². The van der Waals surface area contributed by atoms with E-state index in [0.29, 0.717) is 25.6 Å². The SMILES string of the molecule is CCNC(=NCc1c(CC)noc1CC)NCCOc1ccc(F)c(F)c1. The molecule has 0 radical (unpaired) electrons. The van der Waals surface area contributed by atoms with Crippen LogP contribution >= 0.6 is 0 Å². The van der Waals surface area contributed by atoms with Crippen molar-refractivity contribution in [1.29, 1.82) is 0 Å². The summed E-state index contributed by atoms with van der Waals surface area (Å²) in [5.41, 5.74) is 1.95. The van der Waals surface area contributed by atoms with Gasteiger partial charge in [0.05, 0.1) is 18.8 Å². The van der Waals surface area contributed by atoms with Crippen LogP contribution in [0, 0.1) is 11.6 Å². The lowest BCUT2D eigenvalue weighted by Gasteiger charge is -2.12. The van der Waals surface area contributed by atoms with Crippen molar-refractivity contribution >= 4 is 5.96 Å². The third-order valence-corrected chi connectivity index (χ3v) is 3.90. The first-order valence-electron chi connectivity index (χ1n) is 9.15. The van der Waals surface area contributed by atoms with Gasteiger partial charge in [0.1, 0.15) is 18.1 Å². The van der Waals surface area contributed by atoms with Crippen LogP contribution in [0.5, 0.6) is 5.75 Å². The molecule has 1 aromatic heterocycles. The van der Waals surface area contributed by atoms with Crippen LogP contribution in [-0.4, -0.2) is 30.8 Å². The Labute approximate surface area is 158 Å². The Balaban J connectivity index is 1.90. The van der Waals surface area contributed by atoms with Crippen molar-refractivity contribution in [1.82, 2.24) is 15.8 Å². The number of nitrogens with one attached hydrogen (secondary N) is 2. The summed E-state index contributed by atoms with van der Waals surface area (Å²) in [5.74, 6) is -0.0525. The molecular weight excluding hydrogens is 354 g/mol. The number of aliphatic imine (C=N–C) groups is 1. The highest BCUT2D eigenvalue weighted by Crippen LogP contribution is 2.17. The molecule has 0 spiro atoms. The normalized spacial score (nSPS) is 11.5. The number of hydrogen-bond acceptors (Lipinski definition) is 4. The van der Waals surface area contributed by atoms with Gasteiger partial charge in [0.2, 0.25) is 0 Å². The van der Waals surface area contributed by atoms with E-state index in [1.807, 2.05) is 20.8 Å². The maximum atomic E-state index is 13.2. The Bertz CT molecular complexity index is 741. The number of guanidine groups is 1. The third-order valence-electron chi connectivity index (χ3n) is 3.90. The monoisotopic (exact) mass is 380 g/mol. The largest absolute Gasteiger partial charge is 0.492 e. The van der Waals surface area contributed by atoms with E-state index in [9.17, 15) is 8.78 Å². The number of aromatic nitrogens is 1. The van der Waals surface area contributed by atoms with Crippen LogP contribution in [0.15, 0.2) is 27.7 Å². The summed E-state index contributed by atoms with van der Waals surface area (Å²) in [4.78, 5) is 4.57. The van der Waals surface area contributed by atoms with Gasteiger partial charge >= 0.3 is 0 Å². The van der Waals surface area contributed by atoms with Crippen LogP contribution < -0.4 is 15.4 Å². The molecule has 0 unspecified atom stereocenters. The van der Waals surface area contributed by atoms with E-state index in [-0.39, 0.29) is 12.4 Å². The Kier molecular flexibility index (Phi) is 8.03. The quantitative estimate of drug-likeness (QED) is 0.397. The number of benzene rings is 1. The standard InChI is InChI=1S/C19H26F2N4O2/c1-4-17-14(18(5-2)27-25-17)12-24-19(22-6-3)23-9-10-26-13-7-8-15(20)16(21)11-13/h7-8,11H,4-6,9-10,12H2,1-3H3,(H2,22,23,24). The van der Waals surface area contributed by atoms with Gasteiger partial charge in [0.15, 0.2) is 17.6 Å². The molecule has 0 atom stereocenters. The minimum absolute atomic E-state index is 0.280. The average molecular weight is 380 g/mol. The fraction of sp³-hybridized carbons (Fsp3) is 0.474. The van der Waals surface area contributed by atoms with Crippen molar-refractivity contribution in [3.05, 3.63) is 46.9 Å². The molecule has 0 saturated carbocycles. The summed E-state index contributed by atoms with van der Waals surface area (Å²) in [6.45, 7) is 7.94. The van der Waals surface area contributed by atoms with E-state index in [1.165, 1.54) is 6.07 Å². The predicted octanol–water partition coefficient (Wildman–Crippen LogP) is 3.21. The number of nitrogens with zero attached hydrogens (tertiary/aromatic N) is 2. The number of rotatable bonds is 9. The molecule has 0 amide bonds. The zero-order chi connectivity index (χ0) is 19.6. The minimum Gasteiger partial charge on any atom is -0.492 e. The lowest BCUT2D eigenvalue weighted by atomic mass is 10.1. The molecule has 8 heteroatoms. The molecule has 1 heterocycles. The summed E-state index contributed by atoms with van der Waals surface area (Å²) in [7, 11) is 0. The molecule has 0 aliphatic rings. The molecule has 0 aliphatic heterocycles. The molecule has 148 valence electrons. The molecule has 0 saturated heterocycles. The second-order valence-electron chi connectivity index (χ2n) is 5.78. The Morgan fingerprint density at radius 3 is 2.63 bits per heavy atom. The van der Waals surface area contributed by atoms with Crippen molar-refractivity contribution in [2.24, 2.45) is 4.99 Å². The van der Waals surface area contributed by atoms with Crippen LogP contribution in [0.3, 0.4) is 0 Å². The summed E-state index contributed by atoms with van der Waals surface area (Å²) in [5, 5.41) is 10.4. The van der Waals surface area contributed by atoms with E-state index >= 15 is 0 Å². The number of halogens is 2. The number of ether oxygens (including phenoxy) is 1. The van der Waals surface area contributed by atoms with Gasteiger partial charge in [-0.15, -0.1) is 0 Å². The van der Waals surface area contributed by atoms with Gasteiger partial charge in [-0.05, 0) is 25.5 Å². The van der Waals surface area contributed by atoms with Gasteiger partial charge in [-0.25, -0.2) is 13.8 Å². The van der Waals surface area contributed by atoms with Crippen LogP contribution in [0.25, 0.3) is 0 Å². The zero-order valence-corrected chi connectivity index (χ0v) is 15.9. The second-order valence-corrected chi connectivity index (χ2v) is 5.78. The first-order valence-corrected chi connectivity index (χ1v) is 9.15. The molecule has 0 bridgehead atoms. The minimum atomic E-state index is -0.928. The molecule has 6 nitrogen and oxygen atoms in total. The molecule has 0 fully saturated rings. The smallest absolute Gasteiger partial charge is 0.191 e. The third kappa shape index (κ3) is 5.94. The summed E-state index contributed by atoms with van der Waals surface area (Å²) < 4.78 is 36.8. The molecule has 0 aliphatic carbocycles. The molecule has 2 rings (SSSR count). The van der Waals surface area contributed by atoms with Gasteiger partial charge in [-0.2, -0.15) is 0 Å². The van der Waals surface area contributed by atoms with Gasteiger partial charge in [-0.1, -0.05) is 19.0 Å². The zero-order valence-electron chi connectivity index (χ0n) is 15.9. The Morgan fingerprint density at radius 1 is 1.15 bits per heavy atom. The number of hydrogen-bond donors (Lipinski definition) is 2. The molecule has 2 aromatic rings. The summed E-state index contributed by atoms with van der Waals surface area (Å²) >= 11 is 0. The van der Waals surface area contributed by atoms with E-state index in [4.69, 9.17) is 9.26 Å². The first kappa shape index (κ1) is 20.7. The summed E-state index contributed by atoms with van der Waals surface area (Å²) in [6.07, 6.45) is 1.56. The van der Waals surface area contributed by atoms with E-state index in [2.05, 4.69) is 20.8 Å². The maximum Gasteiger partial charge on any atom is 0.191 e. The van der Waals surface area contributed by atoms with Crippen LogP contribution in [-0.2, 0) is 19.4 Å². The predicted molar refractivity (Wildman–Crippen MR) is 99.9 cm³/mol. The summed E-state index contributed by atoms with van der Waals surface area (Å²) in [6, 6.07) is 3.46. The Morgan fingerprint density at radius 2 is 1.96 bits per heavy atom. The van der Waals surface area contributed by atoms with Crippen LogP contribution in [0.1, 0.15) is 37.8 Å². The molecule has 27 heavy (non-hydrogen) atoms. The van der Waals surface area contributed by atoms with E-state index in [0.717, 1.165) is 42.0 Å². The van der Waals surface area contributed by atoms with Gasteiger partial charge in [0, 0.05) is 24.6 Å². The van der Waals surface area contributed by atoms with Gasteiger partial charge < -0.3 is 19.9 Å². The molecule has 1 aromatic carbocycles. The number of aryl methyl sites for hydroxylation is 2. The van der Waals surface area contributed by atoms with Crippen molar-refractivity contribution in [3.8, 4) is 5.75 Å². The van der Waals surface area contributed by atoms with Gasteiger partial charge in [-0.3, -0.25) is 0 Å². The van der Waals surface area contributed by atoms with Crippen molar-refractivity contribution < 1.29 is 18.0 Å². The second kappa shape index (κ2) is 10.5. The highest BCUT2D eigenvalue weighted by Gasteiger charge is 2.13. The highest BCUT2D eigenvalue weighted by atomic mass is 19.2. The van der Waals surface area contributed by atoms with Crippen LogP contribution in [0.4, 0.5) is 8.78 Å². The topological polar surface area (TPSA) is 71.7 Å². The molecular formula is C19H26F2N4O2. The lowest BCUT2D eigenvalue weighted by Crippen LogP contribution is -2.39. The van der Waals surface area contributed by atoms with Crippen molar-refractivity contribution in [2.75, 3.05) is 19.7 Å². The maximum absolute atomic E-state index is 13.2. The average Bonchev–Trinajstić information content (AvgIpc) is 3.07. The molecule has 2 N–H and O–H groups in total. The first-order chi connectivity index (χ1) is 13.1. The van der Waals surface area contributed by atoms with Crippen LogP contribution in [0.2, 0.25) is 0 Å². The van der Waals surface area contributed by atoms with Gasteiger partial charge in [0.25, 0.3) is 0 Å². The van der Waals surface area contributed by atoms with E-state index in [1.54, 1.807) is 0 Å². The fourth-order valence-electron chi connectivity index (χ4n) is 2.52. The lowest BCUT2D eigenvalue weighted by molar-refractivity contribution is 0.318. The van der Waals surface area contributed by atoms with Crippen molar-refractivity contribution in [3.63, 3.8) is 0 Å².